The lowest BCUT2D eigenvalue weighted by atomic mass is 10.1. The molecule has 0 spiro atoms. The number of rotatable bonds is 3. The summed E-state index contributed by atoms with van der Waals surface area (Å²) in [6.45, 7) is 0.751. The van der Waals surface area contributed by atoms with Gasteiger partial charge in [0.1, 0.15) is 6.23 Å². The Kier molecular flexibility index (Phi) is 3.97. The Bertz CT molecular complexity index is 543. The van der Waals surface area contributed by atoms with Gasteiger partial charge in [-0.05, 0) is 18.1 Å². The highest BCUT2D eigenvalue weighted by Gasteiger charge is 2.26. The monoisotopic (exact) mass is 317 g/mol. The summed E-state index contributed by atoms with van der Waals surface area (Å²) in [5.41, 5.74) is 2.51. The lowest BCUT2D eigenvalue weighted by Gasteiger charge is -2.14. The lowest BCUT2D eigenvalue weighted by Crippen LogP contribution is -2.28. The van der Waals surface area contributed by atoms with Crippen LogP contribution in [0.2, 0.25) is 0 Å². The van der Waals surface area contributed by atoms with Gasteiger partial charge in [0.15, 0.2) is 0 Å². The fourth-order valence-electron chi connectivity index (χ4n) is 2.41. The number of hydrogen-bond acceptors (Lipinski definition) is 2. The van der Waals surface area contributed by atoms with Crippen molar-refractivity contribution in [2.75, 3.05) is 6.61 Å². The van der Waals surface area contributed by atoms with Crippen molar-refractivity contribution in [3.8, 4) is 0 Å². The van der Waals surface area contributed by atoms with Crippen LogP contribution in [0.3, 0.4) is 0 Å². The summed E-state index contributed by atoms with van der Waals surface area (Å²) in [6, 6.07) is 19.1. The molecule has 0 bridgehead atoms. The van der Waals surface area contributed by atoms with Crippen molar-refractivity contribution in [3.63, 3.8) is 0 Å². The number of ether oxygens (including phenoxy) is 1. The van der Waals surface area contributed by atoms with Crippen molar-refractivity contribution in [3.05, 3.63) is 70.2 Å². The van der Waals surface area contributed by atoms with Crippen LogP contribution >= 0.6 is 15.9 Å². The summed E-state index contributed by atoms with van der Waals surface area (Å²) >= 11 is 3.57. The van der Waals surface area contributed by atoms with E-state index in [0.717, 1.165) is 23.1 Å². The second-order valence-corrected chi connectivity index (χ2v) is 5.64. The first-order valence-corrected chi connectivity index (χ1v) is 7.28. The molecule has 2 aromatic rings. The highest BCUT2D eigenvalue weighted by Crippen LogP contribution is 2.28. The van der Waals surface area contributed by atoms with Crippen LogP contribution < -0.4 is 5.32 Å². The molecule has 1 N–H and O–H groups in total. The highest BCUT2D eigenvalue weighted by molar-refractivity contribution is 9.10. The van der Waals surface area contributed by atoms with Crippen molar-refractivity contribution >= 4 is 15.9 Å². The first kappa shape index (κ1) is 12.9. The molecule has 0 unspecified atom stereocenters. The van der Waals surface area contributed by atoms with Crippen LogP contribution in [0, 0.1) is 0 Å². The molecule has 98 valence electrons. The maximum absolute atomic E-state index is 5.86. The van der Waals surface area contributed by atoms with Gasteiger partial charge in [-0.15, -0.1) is 0 Å². The van der Waals surface area contributed by atoms with Crippen molar-refractivity contribution < 1.29 is 4.74 Å². The van der Waals surface area contributed by atoms with Crippen LogP contribution in [0.5, 0.6) is 0 Å². The molecule has 2 nitrogen and oxygen atoms in total. The van der Waals surface area contributed by atoms with Crippen LogP contribution in [-0.4, -0.2) is 12.6 Å². The molecule has 0 amide bonds. The van der Waals surface area contributed by atoms with Crippen LogP contribution in [0.1, 0.15) is 17.4 Å². The molecule has 19 heavy (non-hydrogen) atoms. The molecular weight excluding hydrogens is 302 g/mol. The lowest BCUT2D eigenvalue weighted by molar-refractivity contribution is 0.100. The smallest absolute Gasteiger partial charge is 0.135 e. The van der Waals surface area contributed by atoms with Gasteiger partial charge in [-0.2, -0.15) is 0 Å². The first-order valence-electron chi connectivity index (χ1n) is 6.49. The zero-order valence-electron chi connectivity index (χ0n) is 10.6. The minimum atomic E-state index is -0.00992. The summed E-state index contributed by atoms with van der Waals surface area (Å²) in [5.74, 6) is 0. The van der Waals surface area contributed by atoms with E-state index in [4.69, 9.17) is 4.74 Å². The van der Waals surface area contributed by atoms with Gasteiger partial charge in [0.2, 0.25) is 0 Å². The van der Waals surface area contributed by atoms with E-state index in [2.05, 4.69) is 51.6 Å². The van der Waals surface area contributed by atoms with E-state index in [0.29, 0.717) is 6.04 Å². The number of hydrogen-bond donors (Lipinski definition) is 1. The number of halogens is 1. The number of nitrogens with one attached hydrogen (secondary N) is 1. The average Bonchev–Trinajstić information content (AvgIpc) is 2.89. The van der Waals surface area contributed by atoms with Gasteiger partial charge in [-0.1, -0.05) is 64.5 Å². The Morgan fingerprint density at radius 1 is 1.05 bits per heavy atom. The Labute approximate surface area is 121 Å². The molecule has 3 heteroatoms. The standard InChI is InChI=1S/C16H16BrNO/c17-15-9-5-4-8-14(15)16-18-13(11-19-16)10-12-6-2-1-3-7-12/h1-9,13,16,18H,10-11H2/t13-,16-/m0/s1. The van der Waals surface area contributed by atoms with E-state index >= 15 is 0 Å². The molecule has 0 aromatic heterocycles. The Morgan fingerprint density at radius 2 is 1.79 bits per heavy atom. The van der Waals surface area contributed by atoms with Gasteiger partial charge < -0.3 is 4.74 Å². The third kappa shape index (κ3) is 3.06. The fraction of sp³-hybridized carbons (Fsp3) is 0.250. The van der Waals surface area contributed by atoms with Crippen LogP contribution in [-0.2, 0) is 11.2 Å². The number of benzene rings is 2. The highest BCUT2D eigenvalue weighted by atomic mass is 79.9. The van der Waals surface area contributed by atoms with Crippen molar-refractivity contribution in [1.29, 1.82) is 0 Å². The van der Waals surface area contributed by atoms with Crippen molar-refractivity contribution in [1.82, 2.24) is 5.32 Å². The molecule has 1 aliphatic heterocycles. The molecule has 0 aliphatic carbocycles. The second-order valence-electron chi connectivity index (χ2n) is 4.79. The first-order chi connectivity index (χ1) is 9.33. The molecular formula is C16H16BrNO. The molecule has 0 saturated carbocycles. The van der Waals surface area contributed by atoms with Crippen LogP contribution in [0.25, 0.3) is 0 Å². The molecule has 2 atom stereocenters. The molecule has 1 fully saturated rings. The molecule has 2 aromatic carbocycles. The van der Waals surface area contributed by atoms with Gasteiger partial charge in [0, 0.05) is 16.1 Å². The largest absolute Gasteiger partial charge is 0.357 e. The third-order valence-electron chi connectivity index (χ3n) is 3.36. The summed E-state index contributed by atoms with van der Waals surface area (Å²) in [7, 11) is 0. The van der Waals surface area contributed by atoms with E-state index in [1.165, 1.54) is 5.56 Å². The summed E-state index contributed by atoms with van der Waals surface area (Å²) < 4.78 is 6.95. The van der Waals surface area contributed by atoms with Crippen molar-refractivity contribution in [2.24, 2.45) is 0 Å². The minimum Gasteiger partial charge on any atom is -0.357 e. The summed E-state index contributed by atoms with van der Waals surface area (Å²) in [6.07, 6.45) is 0.992. The molecule has 1 aliphatic rings. The maximum atomic E-state index is 5.86. The van der Waals surface area contributed by atoms with E-state index < -0.39 is 0 Å². The van der Waals surface area contributed by atoms with Gasteiger partial charge >= 0.3 is 0 Å². The Morgan fingerprint density at radius 3 is 2.58 bits per heavy atom. The van der Waals surface area contributed by atoms with E-state index in [-0.39, 0.29) is 6.23 Å². The van der Waals surface area contributed by atoms with E-state index in [1.54, 1.807) is 0 Å². The fourth-order valence-corrected chi connectivity index (χ4v) is 2.90. The van der Waals surface area contributed by atoms with Crippen molar-refractivity contribution in [2.45, 2.75) is 18.7 Å². The van der Waals surface area contributed by atoms with Gasteiger partial charge in [-0.3, -0.25) is 5.32 Å². The van der Waals surface area contributed by atoms with Crippen LogP contribution in [0.15, 0.2) is 59.1 Å². The quantitative estimate of drug-likeness (QED) is 0.932. The normalized spacial score (nSPS) is 22.6. The Balaban J connectivity index is 1.66. The predicted octanol–water partition coefficient (Wildman–Crippen LogP) is 3.68. The zero-order chi connectivity index (χ0) is 13.1. The summed E-state index contributed by atoms with van der Waals surface area (Å²) in [5, 5.41) is 3.54. The van der Waals surface area contributed by atoms with Gasteiger partial charge in [0.25, 0.3) is 0 Å². The maximum Gasteiger partial charge on any atom is 0.135 e. The third-order valence-corrected chi connectivity index (χ3v) is 4.09. The topological polar surface area (TPSA) is 21.3 Å². The van der Waals surface area contributed by atoms with Crippen LogP contribution in [0.4, 0.5) is 0 Å². The second kappa shape index (κ2) is 5.87. The summed E-state index contributed by atoms with van der Waals surface area (Å²) in [4.78, 5) is 0. The van der Waals surface area contributed by atoms with E-state index in [1.807, 2.05) is 24.3 Å². The van der Waals surface area contributed by atoms with Gasteiger partial charge in [-0.25, -0.2) is 0 Å². The molecule has 1 heterocycles. The Hall–Kier alpha value is -1.16. The molecule has 3 rings (SSSR count). The molecule has 0 radical (unpaired) electrons. The SMILES string of the molecule is Brc1ccccc1[C@H]1N[C@@H](Cc2ccccc2)CO1. The van der Waals surface area contributed by atoms with E-state index in [9.17, 15) is 0 Å². The minimum absolute atomic E-state index is 0.00992. The molecule has 1 saturated heterocycles. The average molecular weight is 318 g/mol. The zero-order valence-corrected chi connectivity index (χ0v) is 12.1. The predicted molar refractivity (Wildman–Crippen MR) is 79.9 cm³/mol. The van der Waals surface area contributed by atoms with Gasteiger partial charge in [0.05, 0.1) is 6.61 Å².